The summed E-state index contributed by atoms with van der Waals surface area (Å²) < 4.78 is 1.83. The van der Waals surface area contributed by atoms with Crippen LogP contribution in [0.3, 0.4) is 0 Å². The summed E-state index contributed by atoms with van der Waals surface area (Å²) in [4.78, 5) is 25.5. The Morgan fingerprint density at radius 2 is 1.74 bits per heavy atom. The maximum Gasteiger partial charge on any atom is 0.252 e. The van der Waals surface area contributed by atoms with Crippen LogP contribution in [0.1, 0.15) is 44.5 Å². The molecule has 0 saturated heterocycles. The van der Waals surface area contributed by atoms with E-state index in [1.807, 2.05) is 24.7 Å². The molecule has 0 aliphatic rings. The van der Waals surface area contributed by atoms with Crippen molar-refractivity contribution >= 4 is 23.3 Å². The summed E-state index contributed by atoms with van der Waals surface area (Å²) in [6.07, 6.45) is 1.92. The molecule has 3 rings (SSSR count). The van der Waals surface area contributed by atoms with Crippen LogP contribution in [0.5, 0.6) is 0 Å². The Labute approximate surface area is 163 Å². The van der Waals surface area contributed by atoms with Crippen molar-refractivity contribution in [2.45, 2.75) is 26.9 Å². The lowest BCUT2D eigenvalue weighted by atomic mass is 9.98. The maximum absolute atomic E-state index is 12.8. The molecule has 138 valence electrons. The zero-order valence-electron chi connectivity index (χ0n) is 15.2. The maximum atomic E-state index is 12.8. The summed E-state index contributed by atoms with van der Waals surface area (Å²) in [6.45, 7) is 5.04. The van der Waals surface area contributed by atoms with Gasteiger partial charge in [-0.05, 0) is 44.2 Å². The summed E-state index contributed by atoms with van der Waals surface area (Å²) in [5, 5.41) is 7.81. The van der Waals surface area contributed by atoms with Crippen molar-refractivity contribution in [1.82, 2.24) is 15.1 Å². The second-order valence-corrected chi connectivity index (χ2v) is 6.60. The number of carbonyl (C=O) groups excluding carboxylic acids is 2. The molecule has 1 N–H and O–H groups in total. The van der Waals surface area contributed by atoms with Crippen LogP contribution in [-0.4, -0.2) is 21.5 Å². The van der Waals surface area contributed by atoms with Crippen molar-refractivity contribution in [3.8, 4) is 0 Å². The van der Waals surface area contributed by atoms with Gasteiger partial charge in [0.25, 0.3) is 5.91 Å². The van der Waals surface area contributed by atoms with Crippen LogP contribution in [-0.2, 0) is 13.1 Å². The molecule has 0 unspecified atom stereocenters. The van der Waals surface area contributed by atoms with Crippen molar-refractivity contribution < 1.29 is 9.59 Å². The normalized spacial score (nSPS) is 10.6. The first-order chi connectivity index (χ1) is 13.0. The number of ketones is 1. The molecule has 0 bridgehead atoms. The van der Waals surface area contributed by atoms with E-state index in [0.717, 1.165) is 17.8 Å². The molecule has 0 fully saturated rings. The number of hydrogen-bond acceptors (Lipinski definition) is 3. The zero-order chi connectivity index (χ0) is 19.4. The van der Waals surface area contributed by atoms with E-state index in [4.69, 9.17) is 11.6 Å². The fourth-order valence-corrected chi connectivity index (χ4v) is 2.93. The topological polar surface area (TPSA) is 64.0 Å². The molecule has 0 saturated carbocycles. The first-order valence-electron chi connectivity index (χ1n) is 8.70. The Kier molecular flexibility index (Phi) is 5.72. The molecule has 0 aliphatic heterocycles. The standard InChI is InChI=1S/C21H20ClN3O2/c1-3-25-13-16(14(2)24-25)12-23-21(27)19-7-5-4-6-18(19)20(26)15-8-10-17(22)11-9-15/h4-11,13H,3,12H2,1-2H3,(H,23,27). The molecule has 27 heavy (non-hydrogen) atoms. The molecular weight excluding hydrogens is 362 g/mol. The molecule has 1 aromatic heterocycles. The van der Waals surface area contributed by atoms with E-state index in [1.54, 1.807) is 48.5 Å². The first-order valence-corrected chi connectivity index (χ1v) is 9.07. The highest BCUT2D eigenvalue weighted by atomic mass is 35.5. The molecule has 1 heterocycles. The smallest absolute Gasteiger partial charge is 0.252 e. The number of aryl methyl sites for hydroxylation is 2. The van der Waals surface area contributed by atoms with Gasteiger partial charge in [0.1, 0.15) is 0 Å². The molecule has 0 spiro atoms. The van der Waals surface area contributed by atoms with Crippen molar-refractivity contribution in [1.29, 1.82) is 0 Å². The van der Waals surface area contributed by atoms with E-state index in [9.17, 15) is 9.59 Å². The molecule has 0 atom stereocenters. The van der Waals surface area contributed by atoms with Crippen molar-refractivity contribution in [3.05, 3.63) is 87.7 Å². The van der Waals surface area contributed by atoms with E-state index in [2.05, 4.69) is 10.4 Å². The number of amides is 1. The van der Waals surface area contributed by atoms with E-state index in [1.165, 1.54) is 0 Å². The van der Waals surface area contributed by atoms with Gasteiger partial charge in [0.2, 0.25) is 0 Å². The second-order valence-electron chi connectivity index (χ2n) is 6.16. The van der Waals surface area contributed by atoms with Gasteiger partial charge in [0, 0.05) is 41.0 Å². The van der Waals surface area contributed by atoms with Gasteiger partial charge in [-0.25, -0.2) is 0 Å². The van der Waals surface area contributed by atoms with E-state index < -0.39 is 0 Å². The lowest BCUT2D eigenvalue weighted by molar-refractivity contribution is 0.0939. The first kappa shape index (κ1) is 18.9. The average Bonchev–Trinajstić information content (AvgIpc) is 3.06. The third kappa shape index (κ3) is 4.26. The van der Waals surface area contributed by atoms with Crippen LogP contribution in [0, 0.1) is 6.92 Å². The number of halogens is 1. The monoisotopic (exact) mass is 381 g/mol. The average molecular weight is 382 g/mol. The van der Waals surface area contributed by atoms with Gasteiger partial charge in [0.05, 0.1) is 11.3 Å². The van der Waals surface area contributed by atoms with Gasteiger partial charge in [-0.2, -0.15) is 5.10 Å². The van der Waals surface area contributed by atoms with Gasteiger partial charge in [-0.3, -0.25) is 14.3 Å². The summed E-state index contributed by atoms with van der Waals surface area (Å²) in [5.41, 5.74) is 3.02. The van der Waals surface area contributed by atoms with Gasteiger partial charge in [-0.1, -0.05) is 29.8 Å². The molecule has 1 amide bonds. The minimum Gasteiger partial charge on any atom is -0.348 e. The Morgan fingerprint density at radius 1 is 1.07 bits per heavy atom. The summed E-state index contributed by atoms with van der Waals surface area (Å²) in [7, 11) is 0. The highest BCUT2D eigenvalue weighted by molar-refractivity contribution is 6.30. The third-order valence-electron chi connectivity index (χ3n) is 4.33. The quantitative estimate of drug-likeness (QED) is 0.656. The molecule has 5 nitrogen and oxygen atoms in total. The minimum atomic E-state index is -0.295. The molecule has 0 aliphatic carbocycles. The molecule has 6 heteroatoms. The number of benzene rings is 2. The predicted octanol–water partition coefficient (Wildman–Crippen LogP) is 4.03. The molecule has 0 radical (unpaired) electrons. The zero-order valence-corrected chi connectivity index (χ0v) is 16.0. The number of nitrogens with zero attached hydrogens (tertiary/aromatic N) is 2. The van der Waals surface area contributed by atoms with E-state index in [-0.39, 0.29) is 11.7 Å². The number of hydrogen-bond donors (Lipinski definition) is 1. The van der Waals surface area contributed by atoms with Crippen LogP contribution in [0.2, 0.25) is 5.02 Å². The van der Waals surface area contributed by atoms with Crippen molar-refractivity contribution in [2.24, 2.45) is 0 Å². The number of aromatic nitrogens is 2. The highest BCUT2D eigenvalue weighted by Crippen LogP contribution is 2.17. The number of carbonyl (C=O) groups is 2. The van der Waals surface area contributed by atoms with Crippen LogP contribution in [0.4, 0.5) is 0 Å². The Bertz CT molecular complexity index is 977. The number of nitrogens with one attached hydrogen (secondary N) is 1. The Morgan fingerprint density at radius 3 is 2.37 bits per heavy atom. The fraction of sp³-hybridized carbons (Fsp3) is 0.190. The summed E-state index contributed by atoms with van der Waals surface area (Å²) in [6, 6.07) is 13.4. The Hall–Kier alpha value is -2.92. The lowest BCUT2D eigenvalue weighted by Crippen LogP contribution is -2.25. The van der Waals surface area contributed by atoms with E-state index in [0.29, 0.717) is 28.3 Å². The lowest BCUT2D eigenvalue weighted by Gasteiger charge is -2.09. The third-order valence-corrected chi connectivity index (χ3v) is 4.59. The van der Waals surface area contributed by atoms with Crippen molar-refractivity contribution in [3.63, 3.8) is 0 Å². The van der Waals surface area contributed by atoms with Gasteiger partial charge in [0.15, 0.2) is 5.78 Å². The van der Waals surface area contributed by atoms with Gasteiger partial charge in [-0.15, -0.1) is 0 Å². The molecular formula is C21H20ClN3O2. The summed E-state index contributed by atoms with van der Waals surface area (Å²) >= 11 is 5.89. The SMILES string of the molecule is CCn1cc(CNC(=O)c2ccccc2C(=O)c2ccc(Cl)cc2)c(C)n1. The van der Waals surface area contributed by atoms with Crippen LogP contribution >= 0.6 is 11.6 Å². The minimum absolute atomic E-state index is 0.215. The number of rotatable bonds is 6. The van der Waals surface area contributed by atoms with Crippen LogP contribution < -0.4 is 5.32 Å². The van der Waals surface area contributed by atoms with Gasteiger partial charge >= 0.3 is 0 Å². The van der Waals surface area contributed by atoms with Crippen LogP contribution in [0.15, 0.2) is 54.7 Å². The largest absolute Gasteiger partial charge is 0.348 e. The highest BCUT2D eigenvalue weighted by Gasteiger charge is 2.18. The molecule has 2 aromatic carbocycles. The van der Waals surface area contributed by atoms with Crippen LogP contribution in [0.25, 0.3) is 0 Å². The second kappa shape index (κ2) is 8.18. The predicted molar refractivity (Wildman–Crippen MR) is 105 cm³/mol. The fourth-order valence-electron chi connectivity index (χ4n) is 2.80. The summed E-state index contributed by atoms with van der Waals surface area (Å²) in [5.74, 6) is -0.510. The van der Waals surface area contributed by atoms with Crippen molar-refractivity contribution in [2.75, 3.05) is 0 Å². The van der Waals surface area contributed by atoms with E-state index >= 15 is 0 Å². The van der Waals surface area contributed by atoms with Gasteiger partial charge < -0.3 is 5.32 Å². The Balaban J connectivity index is 1.80. The molecule has 3 aromatic rings.